The number of fused-ring (bicyclic) bond motifs is 4. The molecular weight excluding hydrogens is 352 g/mol. The van der Waals surface area contributed by atoms with Gasteiger partial charge in [0, 0.05) is 35.3 Å². The number of hydrogen-bond acceptors (Lipinski definition) is 3. The largest absolute Gasteiger partial charge is 0.345 e. The molecule has 25 heavy (non-hydrogen) atoms. The Morgan fingerprint density at radius 3 is 2.84 bits per heavy atom. The number of hydrogen-bond donors (Lipinski definition) is 0. The molecule has 4 rings (SSSR count). The Hall–Kier alpha value is -1.72. The molecule has 130 valence electrons. The maximum absolute atomic E-state index is 6.64. The Balaban J connectivity index is 1.85. The highest BCUT2D eigenvalue weighted by molar-refractivity contribution is 7.12. The summed E-state index contributed by atoms with van der Waals surface area (Å²) in [7, 11) is 2.09. The highest BCUT2D eigenvalue weighted by atomic mass is 35.5. The maximum Gasteiger partial charge on any atom is 0.345 e. The minimum Gasteiger partial charge on any atom is -0.224 e. The van der Waals surface area contributed by atoms with Crippen molar-refractivity contribution in [2.45, 2.75) is 38.8 Å². The molecule has 0 spiro atoms. The van der Waals surface area contributed by atoms with Crippen LogP contribution in [-0.2, 0) is 12.5 Å². The Bertz CT molecular complexity index is 897. The van der Waals surface area contributed by atoms with Crippen molar-refractivity contribution in [1.82, 2.24) is 4.68 Å². The number of halogens is 1. The average Bonchev–Trinajstić information content (AvgIpc) is 3.09. The summed E-state index contributed by atoms with van der Waals surface area (Å²) in [6.45, 7) is 6.65. The van der Waals surface area contributed by atoms with Gasteiger partial charge in [0.25, 0.3) is 0 Å². The second kappa shape index (κ2) is 5.92. The summed E-state index contributed by atoms with van der Waals surface area (Å²) in [6.07, 6.45) is 5.06. The first kappa shape index (κ1) is 16.7. The first-order valence-corrected chi connectivity index (χ1v) is 9.76. The highest BCUT2D eigenvalue weighted by Crippen LogP contribution is 2.34. The van der Waals surface area contributed by atoms with Gasteiger partial charge in [-0.25, -0.2) is 9.67 Å². The molecule has 0 amide bonds. The minimum atomic E-state index is -0.0511. The molecule has 0 aromatic carbocycles. The molecule has 2 aliphatic rings. The summed E-state index contributed by atoms with van der Waals surface area (Å²) in [6, 6.07) is 6.30. The quantitative estimate of drug-likeness (QED) is 0.653. The van der Waals surface area contributed by atoms with Gasteiger partial charge in [-0.1, -0.05) is 49.5 Å². The van der Waals surface area contributed by atoms with Crippen LogP contribution in [0.15, 0.2) is 39.6 Å². The second-order valence-corrected chi connectivity index (χ2v) is 8.95. The van der Waals surface area contributed by atoms with Gasteiger partial charge in [-0.05, 0) is 11.4 Å². The smallest absolute Gasteiger partial charge is 0.224 e. The average molecular weight is 374 g/mol. The van der Waals surface area contributed by atoms with E-state index >= 15 is 0 Å². The normalized spacial score (nSPS) is 22.8. The Morgan fingerprint density at radius 1 is 1.36 bits per heavy atom. The fraction of sp³-hybridized carbons (Fsp3) is 0.421. The molecule has 0 fully saturated rings. The molecule has 6 heteroatoms. The molecule has 0 N–H and O–H groups in total. The molecule has 0 radical (unpaired) electrons. The van der Waals surface area contributed by atoms with Gasteiger partial charge in [0.15, 0.2) is 0 Å². The van der Waals surface area contributed by atoms with Crippen LogP contribution in [0.4, 0.5) is 5.82 Å². The molecule has 0 saturated heterocycles. The van der Waals surface area contributed by atoms with Crippen LogP contribution < -0.4 is 4.68 Å². The predicted octanol–water partition coefficient (Wildman–Crippen LogP) is 4.63. The lowest BCUT2D eigenvalue weighted by molar-refractivity contribution is -0.784. The molecule has 2 atom stereocenters. The lowest BCUT2D eigenvalue weighted by Crippen LogP contribution is -2.47. The van der Waals surface area contributed by atoms with E-state index in [1.165, 1.54) is 5.69 Å². The zero-order valence-electron chi connectivity index (χ0n) is 14.9. The van der Waals surface area contributed by atoms with Gasteiger partial charge < -0.3 is 0 Å². The molecule has 0 aliphatic carbocycles. The van der Waals surface area contributed by atoms with Gasteiger partial charge in [-0.3, -0.25) is 0 Å². The van der Waals surface area contributed by atoms with Crippen LogP contribution >= 0.6 is 22.9 Å². The van der Waals surface area contributed by atoms with E-state index in [9.17, 15) is 0 Å². The van der Waals surface area contributed by atoms with E-state index in [1.807, 2.05) is 12.3 Å². The van der Waals surface area contributed by atoms with Crippen LogP contribution in [0.5, 0.6) is 0 Å². The predicted molar refractivity (Wildman–Crippen MR) is 105 cm³/mol. The van der Waals surface area contributed by atoms with Crippen LogP contribution in [0.25, 0.3) is 5.57 Å². The summed E-state index contributed by atoms with van der Waals surface area (Å²) in [5, 5.41) is 2.65. The Kier molecular flexibility index (Phi) is 3.96. The standard InChI is InChI=1S/C19H22ClN4S/c1-19(2,3)15-10-16-21-11-12-8-13(14-6-5-7-25-14)18(20)22-17(9-12)24(16)23(15)4/h5-8,10-12,17H,9H2,1-4H3/q+1. The highest BCUT2D eigenvalue weighted by Gasteiger charge is 2.36. The van der Waals surface area contributed by atoms with Crippen molar-refractivity contribution >= 4 is 45.7 Å². The van der Waals surface area contributed by atoms with Gasteiger partial charge in [-0.15, -0.1) is 16.0 Å². The van der Waals surface area contributed by atoms with Crippen molar-refractivity contribution in [3.63, 3.8) is 0 Å². The first-order valence-electron chi connectivity index (χ1n) is 8.50. The van der Waals surface area contributed by atoms with Crippen molar-refractivity contribution in [2.24, 2.45) is 23.0 Å². The molecule has 2 bridgehead atoms. The monoisotopic (exact) mass is 373 g/mol. The summed E-state index contributed by atoms with van der Waals surface area (Å²) >= 11 is 8.32. The Labute approximate surface area is 157 Å². The summed E-state index contributed by atoms with van der Waals surface area (Å²) in [5.74, 6) is 1.17. The second-order valence-electron chi connectivity index (χ2n) is 7.64. The van der Waals surface area contributed by atoms with Crippen molar-refractivity contribution in [2.75, 3.05) is 0 Å². The fourth-order valence-electron chi connectivity index (χ4n) is 3.60. The van der Waals surface area contributed by atoms with E-state index in [-0.39, 0.29) is 17.5 Å². The summed E-state index contributed by atoms with van der Waals surface area (Å²) < 4.78 is 4.36. The summed E-state index contributed by atoms with van der Waals surface area (Å²) in [5.41, 5.74) is 2.30. The molecule has 0 saturated carbocycles. The number of rotatable bonds is 1. The van der Waals surface area contributed by atoms with Crippen molar-refractivity contribution in [1.29, 1.82) is 0 Å². The van der Waals surface area contributed by atoms with Crippen LogP contribution in [0, 0.1) is 5.92 Å². The number of aromatic nitrogens is 2. The zero-order chi connectivity index (χ0) is 17.8. The SMILES string of the molecule is Cn1c(C(C)(C)C)cc2[n+]1C1CC(C=N2)C=C(c2cccs2)C(Cl)=N1. The zero-order valence-corrected chi connectivity index (χ0v) is 16.5. The van der Waals surface area contributed by atoms with E-state index in [1.54, 1.807) is 11.3 Å². The number of allylic oxidation sites excluding steroid dienone is 2. The third-order valence-electron chi connectivity index (χ3n) is 4.76. The van der Waals surface area contributed by atoms with Gasteiger partial charge in [0.05, 0.1) is 11.8 Å². The molecule has 4 nitrogen and oxygen atoms in total. The van der Waals surface area contributed by atoms with Crippen LogP contribution in [0.1, 0.15) is 43.9 Å². The Morgan fingerprint density at radius 2 is 2.16 bits per heavy atom. The van der Waals surface area contributed by atoms with Crippen LogP contribution in [-0.4, -0.2) is 16.1 Å². The molecule has 4 heterocycles. The van der Waals surface area contributed by atoms with E-state index < -0.39 is 0 Å². The van der Waals surface area contributed by atoms with E-state index in [0.717, 1.165) is 22.7 Å². The van der Waals surface area contributed by atoms with E-state index in [0.29, 0.717) is 5.17 Å². The van der Waals surface area contributed by atoms with Crippen LogP contribution in [0.2, 0.25) is 0 Å². The lowest BCUT2D eigenvalue weighted by atomic mass is 9.92. The van der Waals surface area contributed by atoms with Gasteiger partial charge in [0.1, 0.15) is 11.4 Å². The van der Waals surface area contributed by atoms with Crippen LogP contribution in [0.3, 0.4) is 0 Å². The van der Waals surface area contributed by atoms with Gasteiger partial charge in [0.2, 0.25) is 6.17 Å². The summed E-state index contributed by atoms with van der Waals surface area (Å²) in [4.78, 5) is 10.8. The molecule has 2 aliphatic heterocycles. The number of aliphatic imine (C=N–C) groups is 2. The molecule has 2 unspecified atom stereocenters. The minimum absolute atomic E-state index is 0.0431. The van der Waals surface area contributed by atoms with Gasteiger partial charge in [-0.2, -0.15) is 0 Å². The molecular formula is C19H22ClN4S+. The number of thiophene rings is 1. The third kappa shape index (κ3) is 2.89. The molecule has 2 aromatic heterocycles. The fourth-order valence-corrected chi connectivity index (χ4v) is 4.68. The number of nitrogens with zero attached hydrogens (tertiary/aromatic N) is 4. The van der Waals surface area contributed by atoms with Gasteiger partial charge >= 0.3 is 5.82 Å². The van der Waals surface area contributed by atoms with E-state index in [2.05, 4.69) is 60.8 Å². The topological polar surface area (TPSA) is 33.5 Å². The third-order valence-corrected chi connectivity index (χ3v) is 5.96. The van der Waals surface area contributed by atoms with E-state index in [4.69, 9.17) is 21.6 Å². The van der Waals surface area contributed by atoms with Crippen molar-refractivity contribution in [3.8, 4) is 0 Å². The van der Waals surface area contributed by atoms with Crippen molar-refractivity contribution in [3.05, 3.63) is 40.2 Å². The first-order chi connectivity index (χ1) is 11.8. The lowest BCUT2D eigenvalue weighted by Gasteiger charge is -2.19. The molecule has 2 aromatic rings. The maximum atomic E-state index is 6.64. The van der Waals surface area contributed by atoms with Crippen molar-refractivity contribution < 1.29 is 4.68 Å².